The lowest BCUT2D eigenvalue weighted by molar-refractivity contribution is -0.139. The Morgan fingerprint density at radius 1 is 1.06 bits per heavy atom. The van der Waals surface area contributed by atoms with Crippen LogP contribution in [0.4, 0.5) is 10.1 Å². The number of aromatic nitrogens is 1. The first-order valence-electron chi connectivity index (χ1n) is 11.0. The number of carbonyl (C=O) groups excluding carboxylic acids is 1. The zero-order valence-electron chi connectivity index (χ0n) is 20.6. The minimum absolute atomic E-state index is 0.000722. The van der Waals surface area contributed by atoms with Crippen LogP contribution in [0.25, 0.3) is 10.9 Å². The van der Waals surface area contributed by atoms with E-state index in [-0.39, 0.29) is 17.6 Å². The molecule has 0 aliphatic carbocycles. The Kier molecular flexibility index (Phi) is 10.2. The molecule has 3 aromatic rings. The summed E-state index contributed by atoms with van der Waals surface area (Å²) in [6, 6.07) is 9.93. The number of anilines is 1. The molecular weight excluding hydrogens is 407 g/mol. The SMILES string of the molecule is CC.CCC.COC(=O)Cc1ccc(Oc2ccc3[nH]c(C(C)(C)C)cc3c2N)c(F)c1. The lowest BCUT2D eigenvalue weighted by atomic mass is 9.92. The van der Waals surface area contributed by atoms with Crippen molar-refractivity contribution in [2.75, 3.05) is 12.8 Å². The molecule has 3 N–H and O–H groups in total. The van der Waals surface area contributed by atoms with Gasteiger partial charge in [0.1, 0.15) is 0 Å². The van der Waals surface area contributed by atoms with E-state index in [4.69, 9.17) is 10.5 Å². The predicted octanol–water partition coefficient (Wildman–Crippen LogP) is 7.14. The lowest BCUT2D eigenvalue weighted by Gasteiger charge is -2.15. The number of fused-ring (bicyclic) bond motifs is 1. The maximum Gasteiger partial charge on any atom is 0.309 e. The Bertz CT molecular complexity index is 1020. The van der Waals surface area contributed by atoms with Gasteiger partial charge in [0.05, 0.1) is 19.2 Å². The number of H-pyrrole nitrogens is 1. The van der Waals surface area contributed by atoms with Crippen LogP contribution in [-0.2, 0) is 21.4 Å². The van der Waals surface area contributed by atoms with Gasteiger partial charge in [0.2, 0.25) is 0 Å². The lowest BCUT2D eigenvalue weighted by Crippen LogP contribution is -2.10. The number of benzene rings is 2. The molecule has 0 saturated heterocycles. The number of esters is 1. The van der Waals surface area contributed by atoms with Gasteiger partial charge in [-0.3, -0.25) is 4.79 Å². The number of nitrogens with two attached hydrogens (primary N) is 1. The van der Waals surface area contributed by atoms with Gasteiger partial charge < -0.3 is 20.2 Å². The minimum atomic E-state index is -0.569. The molecule has 1 aromatic heterocycles. The normalized spacial score (nSPS) is 10.5. The predicted molar refractivity (Wildman–Crippen MR) is 131 cm³/mol. The summed E-state index contributed by atoms with van der Waals surface area (Å²) in [6.07, 6.45) is 1.25. The van der Waals surface area contributed by atoms with Gasteiger partial charge in [-0.05, 0) is 35.9 Å². The summed E-state index contributed by atoms with van der Waals surface area (Å²) in [5, 5.41) is 0.833. The second-order valence-corrected chi connectivity index (χ2v) is 8.20. The van der Waals surface area contributed by atoms with Crippen molar-refractivity contribution < 1.29 is 18.7 Å². The zero-order valence-corrected chi connectivity index (χ0v) is 20.6. The maximum absolute atomic E-state index is 14.4. The summed E-state index contributed by atoms with van der Waals surface area (Å²) in [4.78, 5) is 14.7. The number of halogens is 1. The quantitative estimate of drug-likeness (QED) is 0.331. The van der Waals surface area contributed by atoms with E-state index in [0.29, 0.717) is 17.0 Å². The topological polar surface area (TPSA) is 77.3 Å². The first-order valence-corrected chi connectivity index (χ1v) is 11.0. The Morgan fingerprint density at radius 3 is 2.19 bits per heavy atom. The molecule has 0 aliphatic rings. The smallest absolute Gasteiger partial charge is 0.309 e. The molecule has 0 unspecified atom stereocenters. The highest BCUT2D eigenvalue weighted by atomic mass is 19.1. The van der Waals surface area contributed by atoms with E-state index in [1.165, 1.54) is 25.7 Å². The van der Waals surface area contributed by atoms with Gasteiger partial charge in [0, 0.05) is 22.0 Å². The fourth-order valence-electron chi connectivity index (χ4n) is 2.79. The molecule has 0 saturated carbocycles. The Balaban J connectivity index is 0.000000944. The van der Waals surface area contributed by atoms with Gasteiger partial charge in [0.15, 0.2) is 17.3 Å². The number of methoxy groups -OCH3 is 1. The van der Waals surface area contributed by atoms with Crippen LogP contribution >= 0.6 is 0 Å². The van der Waals surface area contributed by atoms with Gasteiger partial charge in [-0.2, -0.15) is 0 Å². The molecule has 2 aromatic carbocycles. The van der Waals surface area contributed by atoms with Crippen LogP contribution in [0.2, 0.25) is 0 Å². The van der Waals surface area contributed by atoms with Gasteiger partial charge in [-0.1, -0.05) is 61.0 Å². The first kappa shape index (κ1) is 27.0. The summed E-state index contributed by atoms with van der Waals surface area (Å²) in [5.41, 5.74) is 9.12. The van der Waals surface area contributed by atoms with Crippen molar-refractivity contribution in [2.24, 2.45) is 0 Å². The van der Waals surface area contributed by atoms with E-state index >= 15 is 0 Å². The van der Waals surface area contributed by atoms with Crippen molar-refractivity contribution in [3.8, 4) is 11.5 Å². The highest BCUT2D eigenvalue weighted by molar-refractivity contribution is 5.95. The first-order chi connectivity index (χ1) is 15.1. The molecule has 1 heterocycles. The summed E-state index contributed by atoms with van der Waals surface area (Å²) in [7, 11) is 1.29. The standard InChI is InChI=1S/C21H23FN2O3.C3H8.C2H6/c1-21(2,3)18-11-13-15(24-18)6-8-17(20(13)23)27-16-7-5-12(9-14(16)22)10-19(25)26-4;1-3-2;1-2/h5-9,11,24H,10,23H2,1-4H3;3H2,1-2H3;1-2H3. The van der Waals surface area contributed by atoms with Crippen LogP contribution in [0, 0.1) is 5.82 Å². The van der Waals surface area contributed by atoms with Crippen LogP contribution in [0.5, 0.6) is 11.5 Å². The number of hydrogen-bond acceptors (Lipinski definition) is 4. The van der Waals surface area contributed by atoms with Gasteiger partial charge in [-0.25, -0.2) is 4.39 Å². The van der Waals surface area contributed by atoms with Crippen LogP contribution in [0.15, 0.2) is 36.4 Å². The molecule has 5 nitrogen and oxygen atoms in total. The molecule has 3 rings (SSSR count). The van der Waals surface area contributed by atoms with Gasteiger partial charge >= 0.3 is 5.97 Å². The number of carbonyl (C=O) groups is 1. The fraction of sp³-hybridized carbons (Fsp3) is 0.423. The molecule has 32 heavy (non-hydrogen) atoms. The van der Waals surface area contributed by atoms with Crippen molar-refractivity contribution in [3.63, 3.8) is 0 Å². The van der Waals surface area contributed by atoms with Crippen molar-refractivity contribution in [3.05, 3.63) is 53.5 Å². The largest absolute Gasteiger partial charge is 0.469 e. The van der Waals surface area contributed by atoms with Crippen molar-refractivity contribution in [2.45, 2.75) is 66.7 Å². The minimum Gasteiger partial charge on any atom is -0.469 e. The van der Waals surface area contributed by atoms with Crippen LogP contribution in [0.1, 0.15) is 66.1 Å². The summed E-state index contributed by atoms with van der Waals surface area (Å²) < 4.78 is 24.7. The molecule has 0 atom stereocenters. The average Bonchev–Trinajstić information content (AvgIpc) is 3.19. The molecule has 0 aliphatic heterocycles. The van der Waals surface area contributed by atoms with Gasteiger partial charge in [0.25, 0.3) is 0 Å². The second-order valence-electron chi connectivity index (χ2n) is 8.20. The molecule has 176 valence electrons. The third-order valence-corrected chi connectivity index (χ3v) is 4.41. The third-order valence-electron chi connectivity index (χ3n) is 4.41. The zero-order chi connectivity index (χ0) is 24.5. The van der Waals surface area contributed by atoms with Crippen molar-refractivity contribution in [1.29, 1.82) is 0 Å². The van der Waals surface area contributed by atoms with Crippen LogP contribution in [0.3, 0.4) is 0 Å². The number of aromatic amines is 1. The van der Waals surface area contributed by atoms with E-state index < -0.39 is 11.8 Å². The monoisotopic (exact) mass is 444 g/mol. The van der Waals surface area contributed by atoms with Crippen LogP contribution < -0.4 is 10.5 Å². The van der Waals surface area contributed by atoms with Crippen molar-refractivity contribution in [1.82, 2.24) is 4.98 Å². The van der Waals surface area contributed by atoms with E-state index in [2.05, 4.69) is 44.3 Å². The molecule has 0 fully saturated rings. The Morgan fingerprint density at radius 2 is 1.66 bits per heavy atom. The maximum atomic E-state index is 14.4. The number of nitrogen functional groups attached to an aromatic ring is 1. The number of hydrogen-bond donors (Lipinski definition) is 2. The molecule has 0 amide bonds. The number of ether oxygens (including phenoxy) is 2. The molecule has 0 spiro atoms. The van der Waals surface area contributed by atoms with E-state index in [1.54, 1.807) is 12.1 Å². The highest BCUT2D eigenvalue weighted by Crippen LogP contribution is 2.37. The third kappa shape index (κ3) is 7.01. The molecular formula is C26H37FN2O3. The summed E-state index contributed by atoms with van der Waals surface area (Å²) in [6.45, 7) is 14.6. The average molecular weight is 445 g/mol. The highest BCUT2D eigenvalue weighted by Gasteiger charge is 2.19. The number of rotatable bonds is 4. The van der Waals surface area contributed by atoms with E-state index in [9.17, 15) is 9.18 Å². The fourth-order valence-corrected chi connectivity index (χ4v) is 2.79. The van der Waals surface area contributed by atoms with Crippen molar-refractivity contribution >= 4 is 22.6 Å². The second kappa shape index (κ2) is 12.1. The summed E-state index contributed by atoms with van der Waals surface area (Å²) >= 11 is 0. The van der Waals surface area contributed by atoms with Crippen LogP contribution in [-0.4, -0.2) is 18.1 Å². The Labute approximate surface area is 191 Å². The molecule has 0 bridgehead atoms. The van der Waals surface area contributed by atoms with E-state index in [0.717, 1.165) is 16.6 Å². The summed E-state index contributed by atoms with van der Waals surface area (Å²) in [5.74, 6) is -0.581. The molecule has 0 radical (unpaired) electrons. The van der Waals surface area contributed by atoms with Gasteiger partial charge in [-0.15, -0.1) is 0 Å². The van der Waals surface area contributed by atoms with E-state index in [1.807, 2.05) is 26.0 Å². The number of nitrogens with one attached hydrogen (secondary N) is 1. The Hall–Kier alpha value is -3.02. The molecule has 6 heteroatoms.